The molecule has 1 N–H and O–H groups in total. The highest BCUT2D eigenvalue weighted by molar-refractivity contribution is 5.57. The molecule has 6 nitrogen and oxygen atoms in total. The van der Waals surface area contributed by atoms with Gasteiger partial charge in [-0.2, -0.15) is 0 Å². The van der Waals surface area contributed by atoms with Crippen molar-refractivity contribution in [3.05, 3.63) is 30.1 Å². The molecule has 1 fully saturated rings. The number of ether oxygens (including phenoxy) is 1. The van der Waals surface area contributed by atoms with E-state index in [2.05, 4.69) is 39.9 Å². The van der Waals surface area contributed by atoms with E-state index in [-0.39, 0.29) is 0 Å². The Labute approximate surface area is 118 Å². The van der Waals surface area contributed by atoms with Gasteiger partial charge in [0, 0.05) is 12.8 Å². The molecule has 1 aromatic heterocycles. The van der Waals surface area contributed by atoms with Crippen LogP contribution in [0.4, 0.5) is 5.69 Å². The van der Waals surface area contributed by atoms with Crippen LogP contribution in [0.5, 0.6) is 0 Å². The number of aryl methyl sites for hydroxylation is 1. The van der Waals surface area contributed by atoms with Gasteiger partial charge in [0.1, 0.15) is 6.33 Å². The lowest BCUT2D eigenvalue weighted by atomic mass is 10.1. The molecule has 0 saturated heterocycles. The zero-order valence-corrected chi connectivity index (χ0v) is 11.8. The summed E-state index contributed by atoms with van der Waals surface area (Å²) in [7, 11) is 1.75. The van der Waals surface area contributed by atoms with E-state index >= 15 is 0 Å². The Morgan fingerprint density at radius 2 is 2.30 bits per heavy atom. The number of methoxy groups -OCH3 is 1. The van der Waals surface area contributed by atoms with Gasteiger partial charge in [0.2, 0.25) is 0 Å². The number of hydrogen-bond acceptors (Lipinski definition) is 5. The maximum Gasteiger partial charge on any atom is 0.143 e. The van der Waals surface area contributed by atoms with E-state index in [1.54, 1.807) is 18.1 Å². The summed E-state index contributed by atoms with van der Waals surface area (Å²) in [5.41, 5.74) is 3.28. The van der Waals surface area contributed by atoms with Crippen molar-refractivity contribution in [2.45, 2.75) is 25.8 Å². The van der Waals surface area contributed by atoms with Gasteiger partial charge >= 0.3 is 0 Å². The molecule has 20 heavy (non-hydrogen) atoms. The Bertz CT molecular complexity index is 565. The van der Waals surface area contributed by atoms with E-state index in [4.69, 9.17) is 4.74 Å². The largest absolute Gasteiger partial charge is 0.383 e. The molecule has 106 valence electrons. The zero-order chi connectivity index (χ0) is 13.9. The number of aromatic nitrogens is 4. The minimum absolute atomic E-state index is 0.378. The molecule has 1 aliphatic rings. The van der Waals surface area contributed by atoms with E-state index in [0.29, 0.717) is 6.04 Å². The summed E-state index contributed by atoms with van der Waals surface area (Å²) in [4.78, 5) is 0. The van der Waals surface area contributed by atoms with Gasteiger partial charge in [-0.25, -0.2) is 4.68 Å². The first kappa shape index (κ1) is 13.1. The van der Waals surface area contributed by atoms with Crippen molar-refractivity contribution in [2.24, 2.45) is 5.92 Å². The summed E-state index contributed by atoms with van der Waals surface area (Å²) in [6.45, 7) is 2.83. The third-order valence-electron chi connectivity index (χ3n) is 3.71. The molecule has 1 saturated carbocycles. The van der Waals surface area contributed by atoms with Crippen LogP contribution in [-0.2, 0) is 4.74 Å². The summed E-state index contributed by atoms with van der Waals surface area (Å²) in [6.07, 6.45) is 4.17. The van der Waals surface area contributed by atoms with Gasteiger partial charge in [-0.1, -0.05) is 6.07 Å². The Morgan fingerprint density at radius 3 is 2.95 bits per heavy atom. The molecule has 0 radical (unpaired) electrons. The van der Waals surface area contributed by atoms with Gasteiger partial charge in [0.15, 0.2) is 0 Å². The Morgan fingerprint density at radius 1 is 1.45 bits per heavy atom. The average molecular weight is 273 g/mol. The SMILES string of the molecule is COCC(Nc1cc(-n2cnnn2)ccc1C)C1CC1. The lowest BCUT2D eigenvalue weighted by molar-refractivity contribution is 0.179. The van der Waals surface area contributed by atoms with Crippen molar-refractivity contribution < 1.29 is 4.74 Å². The number of hydrogen-bond donors (Lipinski definition) is 1. The monoisotopic (exact) mass is 273 g/mol. The first-order valence-corrected chi connectivity index (χ1v) is 6.87. The fourth-order valence-electron chi connectivity index (χ4n) is 2.36. The van der Waals surface area contributed by atoms with Crippen LogP contribution in [0.15, 0.2) is 24.5 Å². The van der Waals surface area contributed by atoms with E-state index in [9.17, 15) is 0 Å². The summed E-state index contributed by atoms with van der Waals surface area (Å²) in [5, 5.41) is 14.9. The second kappa shape index (κ2) is 5.58. The highest BCUT2D eigenvalue weighted by Gasteiger charge is 2.31. The molecule has 1 atom stereocenters. The molecule has 1 unspecified atom stereocenters. The molecule has 0 spiro atoms. The minimum atomic E-state index is 0.378. The molecule has 1 heterocycles. The van der Waals surface area contributed by atoms with Gasteiger partial charge in [0.05, 0.1) is 18.3 Å². The average Bonchev–Trinajstić information content (AvgIpc) is 3.15. The van der Waals surface area contributed by atoms with Crippen LogP contribution in [0, 0.1) is 12.8 Å². The highest BCUT2D eigenvalue weighted by atomic mass is 16.5. The van der Waals surface area contributed by atoms with E-state index < -0.39 is 0 Å². The van der Waals surface area contributed by atoms with E-state index in [1.165, 1.54) is 18.4 Å². The number of anilines is 1. The Hall–Kier alpha value is -1.95. The van der Waals surface area contributed by atoms with Crippen LogP contribution >= 0.6 is 0 Å². The maximum atomic E-state index is 5.32. The number of rotatable bonds is 6. The lowest BCUT2D eigenvalue weighted by Gasteiger charge is -2.20. The first-order valence-electron chi connectivity index (χ1n) is 6.87. The smallest absolute Gasteiger partial charge is 0.143 e. The third-order valence-corrected chi connectivity index (χ3v) is 3.71. The highest BCUT2D eigenvalue weighted by Crippen LogP contribution is 2.35. The van der Waals surface area contributed by atoms with Gasteiger partial charge in [-0.3, -0.25) is 0 Å². The van der Waals surface area contributed by atoms with Crippen molar-refractivity contribution in [2.75, 3.05) is 19.0 Å². The quantitative estimate of drug-likeness (QED) is 0.869. The third kappa shape index (κ3) is 2.80. The fourth-order valence-corrected chi connectivity index (χ4v) is 2.36. The van der Waals surface area contributed by atoms with Gasteiger partial charge in [-0.05, 0) is 53.8 Å². The van der Waals surface area contributed by atoms with Crippen molar-refractivity contribution >= 4 is 5.69 Å². The predicted molar refractivity (Wildman–Crippen MR) is 75.9 cm³/mol. The van der Waals surface area contributed by atoms with Crippen molar-refractivity contribution in [3.63, 3.8) is 0 Å². The number of tetrazole rings is 1. The Balaban J connectivity index is 1.82. The van der Waals surface area contributed by atoms with Crippen LogP contribution in [0.25, 0.3) is 5.69 Å². The molecule has 6 heteroatoms. The molecule has 1 aliphatic carbocycles. The summed E-state index contributed by atoms with van der Waals surface area (Å²) in [6, 6.07) is 6.55. The van der Waals surface area contributed by atoms with Gasteiger partial charge in [-0.15, -0.1) is 5.10 Å². The summed E-state index contributed by atoms with van der Waals surface area (Å²) in [5.74, 6) is 0.728. The van der Waals surface area contributed by atoms with Gasteiger partial charge < -0.3 is 10.1 Å². The van der Waals surface area contributed by atoms with Gasteiger partial charge in [0.25, 0.3) is 0 Å². The predicted octanol–water partition coefficient (Wildman–Crippen LogP) is 1.81. The molecule has 2 aromatic rings. The van der Waals surface area contributed by atoms with Crippen LogP contribution in [-0.4, -0.2) is 40.0 Å². The number of nitrogens with zero attached hydrogens (tertiary/aromatic N) is 4. The van der Waals surface area contributed by atoms with E-state index in [1.807, 2.05) is 6.07 Å². The minimum Gasteiger partial charge on any atom is -0.383 e. The molecular formula is C14H19N5O. The molecule has 0 bridgehead atoms. The number of nitrogens with one attached hydrogen (secondary N) is 1. The molecule has 3 rings (SSSR count). The second-order valence-electron chi connectivity index (χ2n) is 5.30. The lowest BCUT2D eigenvalue weighted by Crippen LogP contribution is -2.27. The molecule has 0 aliphatic heterocycles. The van der Waals surface area contributed by atoms with Crippen LogP contribution in [0.3, 0.4) is 0 Å². The van der Waals surface area contributed by atoms with Crippen molar-refractivity contribution in [1.29, 1.82) is 0 Å². The fraction of sp³-hybridized carbons (Fsp3) is 0.500. The van der Waals surface area contributed by atoms with Crippen LogP contribution in [0.1, 0.15) is 18.4 Å². The van der Waals surface area contributed by atoms with Crippen molar-refractivity contribution in [3.8, 4) is 5.69 Å². The number of benzene rings is 1. The second-order valence-corrected chi connectivity index (χ2v) is 5.30. The molecule has 1 aromatic carbocycles. The topological polar surface area (TPSA) is 64.9 Å². The maximum absolute atomic E-state index is 5.32. The standard InChI is InChI=1S/C14H19N5O/c1-10-3-6-12(19-9-15-17-18-19)7-13(10)16-14(8-20-2)11-4-5-11/h3,6-7,9,11,14,16H,4-5,8H2,1-2H3. The van der Waals surface area contributed by atoms with Crippen LogP contribution in [0.2, 0.25) is 0 Å². The summed E-state index contributed by atoms with van der Waals surface area (Å²) >= 11 is 0. The zero-order valence-electron chi connectivity index (χ0n) is 11.8. The molecule has 0 amide bonds. The normalized spacial score (nSPS) is 16.1. The summed E-state index contributed by atoms with van der Waals surface area (Å²) < 4.78 is 6.98. The molecular weight excluding hydrogens is 254 g/mol. The van der Waals surface area contributed by atoms with Crippen molar-refractivity contribution in [1.82, 2.24) is 20.2 Å². The van der Waals surface area contributed by atoms with E-state index in [0.717, 1.165) is 23.9 Å². The van der Waals surface area contributed by atoms with Crippen LogP contribution < -0.4 is 5.32 Å². The Kier molecular flexibility index (Phi) is 3.64. The first-order chi connectivity index (χ1) is 9.78.